The van der Waals surface area contributed by atoms with E-state index in [1.807, 2.05) is 24.3 Å². The van der Waals surface area contributed by atoms with Crippen LogP contribution >= 0.6 is 0 Å². The standard InChI is InChI=1S/C13H17N5O/c1-13(2,3)8-6-4-5-7-9(8)15-12(19)10-11(14)17-18-16-10/h4-7H,1-3H3,(H,15,19)(H3,14,16,17,18). The average molecular weight is 259 g/mol. The number of hydrogen-bond donors (Lipinski definition) is 3. The van der Waals surface area contributed by atoms with E-state index in [-0.39, 0.29) is 22.8 Å². The smallest absolute Gasteiger partial charge is 0.280 e. The van der Waals surface area contributed by atoms with E-state index < -0.39 is 0 Å². The second-order valence-corrected chi connectivity index (χ2v) is 5.31. The number of nitrogen functional groups attached to an aromatic ring is 1. The van der Waals surface area contributed by atoms with Crippen LogP contribution in [0, 0.1) is 0 Å². The number of H-pyrrole nitrogens is 1. The molecule has 0 unspecified atom stereocenters. The molecule has 0 spiro atoms. The van der Waals surface area contributed by atoms with Gasteiger partial charge in [0.05, 0.1) is 0 Å². The fourth-order valence-electron chi connectivity index (χ4n) is 1.83. The van der Waals surface area contributed by atoms with Gasteiger partial charge < -0.3 is 11.1 Å². The van der Waals surface area contributed by atoms with E-state index in [0.717, 1.165) is 11.3 Å². The van der Waals surface area contributed by atoms with Crippen molar-refractivity contribution in [1.82, 2.24) is 15.4 Å². The van der Waals surface area contributed by atoms with Gasteiger partial charge in [-0.2, -0.15) is 5.21 Å². The van der Waals surface area contributed by atoms with Gasteiger partial charge in [-0.15, -0.1) is 10.2 Å². The lowest BCUT2D eigenvalue weighted by atomic mass is 9.86. The largest absolute Gasteiger partial charge is 0.380 e. The second-order valence-electron chi connectivity index (χ2n) is 5.31. The van der Waals surface area contributed by atoms with Crippen molar-refractivity contribution in [1.29, 1.82) is 0 Å². The molecular formula is C13H17N5O. The zero-order chi connectivity index (χ0) is 14.0. The highest BCUT2D eigenvalue weighted by Gasteiger charge is 2.20. The minimum Gasteiger partial charge on any atom is -0.380 e. The Balaban J connectivity index is 2.30. The minimum absolute atomic E-state index is 0.0702. The number of carbonyl (C=O) groups excluding carboxylic acids is 1. The predicted octanol–water partition coefficient (Wildman–Crippen LogP) is 1.94. The van der Waals surface area contributed by atoms with Crippen LogP contribution in [0.3, 0.4) is 0 Å². The molecule has 2 aromatic rings. The average Bonchev–Trinajstić information content (AvgIpc) is 2.75. The maximum absolute atomic E-state index is 12.1. The molecule has 19 heavy (non-hydrogen) atoms. The number of aromatic amines is 1. The molecule has 100 valence electrons. The Morgan fingerprint density at radius 2 is 1.95 bits per heavy atom. The maximum atomic E-state index is 12.1. The molecule has 1 heterocycles. The summed E-state index contributed by atoms with van der Waals surface area (Å²) in [6.45, 7) is 6.26. The van der Waals surface area contributed by atoms with Crippen LogP contribution in [0.4, 0.5) is 11.5 Å². The van der Waals surface area contributed by atoms with Gasteiger partial charge >= 0.3 is 0 Å². The van der Waals surface area contributed by atoms with E-state index in [4.69, 9.17) is 5.73 Å². The van der Waals surface area contributed by atoms with Crippen LogP contribution in [0.25, 0.3) is 0 Å². The van der Waals surface area contributed by atoms with Crippen molar-refractivity contribution in [2.24, 2.45) is 0 Å². The van der Waals surface area contributed by atoms with Crippen molar-refractivity contribution in [3.63, 3.8) is 0 Å². The van der Waals surface area contributed by atoms with Gasteiger partial charge in [0, 0.05) is 5.69 Å². The summed E-state index contributed by atoms with van der Waals surface area (Å²) < 4.78 is 0. The molecule has 1 aromatic heterocycles. The van der Waals surface area contributed by atoms with Crippen LogP contribution < -0.4 is 11.1 Å². The first-order chi connectivity index (χ1) is 8.89. The molecule has 0 aliphatic carbocycles. The van der Waals surface area contributed by atoms with Gasteiger partial charge in [-0.3, -0.25) is 4.79 Å². The van der Waals surface area contributed by atoms with Gasteiger partial charge in [-0.25, -0.2) is 0 Å². The third-order valence-electron chi connectivity index (χ3n) is 2.77. The Morgan fingerprint density at radius 1 is 1.26 bits per heavy atom. The Labute approximate surface area is 111 Å². The van der Waals surface area contributed by atoms with Gasteiger partial charge in [0.25, 0.3) is 5.91 Å². The number of hydrogen-bond acceptors (Lipinski definition) is 4. The van der Waals surface area contributed by atoms with E-state index in [9.17, 15) is 4.79 Å². The molecule has 1 amide bonds. The first kappa shape index (κ1) is 13.1. The molecule has 0 saturated heterocycles. The molecule has 0 aliphatic heterocycles. The van der Waals surface area contributed by atoms with E-state index >= 15 is 0 Å². The third-order valence-corrected chi connectivity index (χ3v) is 2.77. The van der Waals surface area contributed by atoms with Crippen LogP contribution in [-0.4, -0.2) is 21.3 Å². The van der Waals surface area contributed by atoms with Gasteiger partial charge in [0.15, 0.2) is 11.5 Å². The lowest BCUT2D eigenvalue weighted by Gasteiger charge is -2.22. The lowest BCUT2D eigenvalue weighted by Crippen LogP contribution is -2.19. The fraction of sp³-hybridized carbons (Fsp3) is 0.308. The molecule has 4 N–H and O–H groups in total. The number of nitrogens with two attached hydrogens (primary N) is 1. The van der Waals surface area contributed by atoms with E-state index in [2.05, 4.69) is 41.5 Å². The summed E-state index contributed by atoms with van der Waals surface area (Å²) in [5, 5.41) is 12.5. The molecule has 0 fully saturated rings. The third kappa shape index (κ3) is 2.73. The highest BCUT2D eigenvalue weighted by Crippen LogP contribution is 2.29. The molecule has 0 radical (unpaired) electrons. The minimum atomic E-state index is -0.372. The molecular weight excluding hydrogens is 242 g/mol. The number of carbonyl (C=O) groups is 1. The zero-order valence-corrected chi connectivity index (χ0v) is 11.2. The van der Waals surface area contributed by atoms with Crippen molar-refractivity contribution in [3.05, 3.63) is 35.5 Å². The van der Waals surface area contributed by atoms with Crippen molar-refractivity contribution < 1.29 is 4.79 Å². The van der Waals surface area contributed by atoms with E-state index in [1.165, 1.54) is 0 Å². The first-order valence-corrected chi connectivity index (χ1v) is 5.96. The number of nitrogens with zero attached hydrogens (tertiary/aromatic N) is 2. The second kappa shape index (κ2) is 4.72. The summed E-state index contributed by atoms with van der Waals surface area (Å²) in [5.74, 6) is -0.284. The number of aromatic nitrogens is 3. The SMILES string of the molecule is CC(C)(C)c1ccccc1NC(=O)c1n[nH]nc1N. The molecule has 0 bridgehead atoms. The van der Waals surface area contributed by atoms with Crippen LogP contribution in [0.15, 0.2) is 24.3 Å². The normalized spacial score (nSPS) is 11.3. The van der Waals surface area contributed by atoms with Crippen molar-refractivity contribution in [3.8, 4) is 0 Å². The van der Waals surface area contributed by atoms with Crippen molar-refractivity contribution in [2.75, 3.05) is 11.1 Å². The summed E-state index contributed by atoms with van der Waals surface area (Å²) in [4.78, 5) is 12.1. The van der Waals surface area contributed by atoms with E-state index in [0.29, 0.717) is 0 Å². The molecule has 2 rings (SSSR count). The molecule has 0 saturated carbocycles. The summed E-state index contributed by atoms with van der Waals surface area (Å²) in [6.07, 6.45) is 0. The number of para-hydroxylation sites is 1. The molecule has 0 aliphatic rings. The highest BCUT2D eigenvalue weighted by atomic mass is 16.2. The Kier molecular flexibility index (Phi) is 3.25. The van der Waals surface area contributed by atoms with Gasteiger partial charge in [-0.05, 0) is 17.0 Å². The molecule has 6 nitrogen and oxygen atoms in total. The fourth-order valence-corrected chi connectivity index (χ4v) is 1.83. The number of amides is 1. The van der Waals surface area contributed by atoms with Crippen LogP contribution in [0.1, 0.15) is 36.8 Å². The molecule has 6 heteroatoms. The number of nitrogens with one attached hydrogen (secondary N) is 2. The maximum Gasteiger partial charge on any atom is 0.280 e. The zero-order valence-electron chi connectivity index (χ0n) is 11.2. The van der Waals surface area contributed by atoms with Crippen molar-refractivity contribution >= 4 is 17.4 Å². The number of rotatable bonds is 2. The van der Waals surface area contributed by atoms with Gasteiger partial charge in [-0.1, -0.05) is 39.0 Å². The topological polar surface area (TPSA) is 96.7 Å². The Morgan fingerprint density at radius 3 is 2.53 bits per heavy atom. The lowest BCUT2D eigenvalue weighted by molar-refractivity contribution is 0.102. The summed E-state index contributed by atoms with van der Waals surface area (Å²) in [7, 11) is 0. The number of anilines is 2. The Hall–Kier alpha value is -2.37. The van der Waals surface area contributed by atoms with Gasteiger partial charge in [0.2, 0.25) is 0 Å². The summed E-state index contributed by atoms with van der Waals surface area (Å²) in [6, 6.07) is 7.66. The monoisotopic (exact) mass is 259 g/mol. The first-order valence-electron chi connectivity index (χ1n) is 5.96. The Bertz CT molecular complexity index is 597. The van der Waals surface area contributed by atoms with E-state index in [1.54, 1.807) is 0 Å². The molecule has 1 aromatic carbocycles. The molecule has 0 atom stereocenters. The van der Waals surface area contributed by atoms with Crippen molar-refractivity contribution in [2.45, 2.75) is 26.2 Å². The van der Waals surface area contributed by atoms with Gasteiger partial charge in [0.1, 0.15) is 0 Å². The van der Waals surface area contributed by atoms with Crippen LogP contribution in [-0.2, 0) is 5.41 Å². The quantitative estimate of drug-likeness (QED) is 0.767. The number of benzene rings is 1. The highest BCUT2D eigenvalue weighted by molar-refractivity contribution is 6.06. The predicted molar refractivity (Wildman–Crippen MR) is 73.9 cm³/mol. The van der Waals surface area contributed by atoms with Crippen LogP contribution in [0.2, 0.25) is 0 Å². The van der Waals surface area contributed by atoms with Crippen LogP contribution in [0.5, 0.6) is 0 Å². The summed E-state index contributed by atoms with van der Waals surface area (Å²) in [5.41, 5.74) is 7.38. The summed E-state index contributed by atoms with van der Waals surface area (Å²) >= 11 is 0.